The van der Waals surface area contributed by atoms with Gasteiger partial charge in [0.1, 0.15) is 11.5 Å². The quantitative estimate of drug-likeness (QED) is 0.228. The van der Waals surface area contributed by atoms with Crippen molar-refractivity contribution in [3.8, 4) is 44.9 Å². The van der Waals surface area contributed by atoms with Gasteiger partial charge in [0.05, 0.1) is 0 Å². The summed E-state index contributed by atoms with van der Waals surface area (Å²) in [6.07, 6.45) is 0. The Morgan fingerprint density at radius 2 is 1.05 bits per heavy atom. The molecule has 0 bridgehead atoms. The van der Waals surface area contributed by atoms with Gasteiger partial charge in [0.2, 0.25) is 0 Å². The first kappa shape index (κ1) is 20.3. The highest BCUT2D eigenvalue weighted by molar-refractivity contribution is 6.19. The third-order valence-corrected chi connectivity index (χ3v) is 7.62. The van der Waals surface area contributed by atoms with Crippen molar-refractivity contribution in [2.24, 2.45) is 0 Å². The van der Waals surface area contributed by atoms with Crippen molar-refractivity contribution in [3.05, 3.63) is 133 Å². The molecule has 1 nitrogen and oxygen atoms in total. The summed E-state index contributed by atoms with van der Waals surface area (Å²) in [6, 6.07) is 47.9. The van der Waals surface area contributed by atoms with Gasteiger partial charge in [-0.2, -0.15) is 0 Å². The lowest BCUT2D eigenvalue weighted by atomic mass is 9.86. The molecule has 1 heterocycles. The lowest BCUT2D eigenvalue weighted by molar-refractivity contribution is 0.487. The minimum absolute atomic E-state index is 0.911. The molecule has 7 aromatic rings. The van der Waals surface area contributed by atoms with Crippen molar-refractivity contribution in [1.29, 1.82) is 0 Å². The van der Waals surface area contributed by atoms with Crippen LogP contribution in [0.15, 0.2) is 133 Å². The highest BCUT2D eigenvalue weighted by Gasteiger charge is 2.21. The van der Waals surface area contributed by atoms with Gasteiger partial charge in [-0.1, -0.05) is 103 Å². The van der Waals surface area contributed by atoms with E-state index in [0.717, 1.165) is 17.1 Å². The molecule has 37 heavy (non-hydrogen) atoms. The minimum Gasteiger partial charge on any atom is -0.456 e. The topological polar surface area (TPSA) is 9.23 Å². The fourth-order valence-corrected chi connectivity index (χ4v) is 5.99. The van der Waals surface area contributed by atoms with Crippen molar-refractivity contribution in [2.45, 2.75) is 0 Å². The Hall–Kier alpha value is -4.88. The van der Waals surface area contributed by atoms with Gasteiger partial charge in [0.25, 0.3) is 0 Å². The molecule has 0 atom stereocenters. The molecule has 0 N–H and O–H groups in total. The molecule has 1 aliphatic rings. The first-order valence-electron chi connectivity index (χ1n) is 12.7. The minimum atomic E-state index is 0.911. The van der Waals surface area contributed by atoms with Gasteiger partial charge in [-0.25, -0.2) is 0 Å². The second-order valence-electron chi connectivity index (χ2n) is 9.72. The van der Waals surface area contributed by atoms with E-state index >= 15 is 0 Å². The Morgan fingerprint density at radius 3 is 2.00 bits per heavy atom. The van der Waals surface area contributed by atoms with E-state index in [9.17, 15) is 0 Å². The Labute approximate surface area is 215 Å². The maximum atomic E-state index is 6.29. The SMILES string of the molecule is c1ccc(-c2cc3ccccc3c3cccc(-c4cc5c6c(cccc6c4)Oc4ccccc4-5)c23)cc1. The summed E-state index contributed by atoms with van der Waals surface area (Å²) in [5.74, 6) is 1.83. The molecule has 0 spiro atoms. The molecular formula is C36H22O. The number of fused-ring (bicyclic) bond motifs is 5. The predicted molar refractivity (Wildman–Crippen MR) is 155 cm³/mol. The molecule has 0 radical (unpaired) electrons. The summed E-state index contributed by atoms with van der Waals surface area (Å²) in [7, 11) is 0. The van der Waals surface area contributed by atoms with Crippen molar-refractivity contribution < 1.29 is 4.74 Å². The van der Waals surface area contributed by atoms with Crippen LogP contribution in [0.2, 0.25) is 0 Å². The number of benzene rings is 7. The average molecular weight is 471 g/mol. The van der Waals surface area contributed by atoms with Gasteiger partial charge in [-0.3, -0.25) is 0 Å². The van der Waals surface area contributed by atoms with E-state index < -0.39 is 0 Å². The number of ether oxygens (including phenoxy) is 1. The lowest BCUT2D eigenvalue weighted by Gasteiger charge is -2.23. The summed E-state index contributed by atoms with van der Waals surface area (Å²) in [6.45, 7) is 0. The van der Waals surface area contributed by atoms with E-state index in [2.05, 4.69) is 127 Å². The average Bonchev–Trinajstić information content (AvgIpc) is 2.97. The van der Waals surface area contributed by atoms with Crippen molar-refractivity contribution in [3.63, 3.8) is 0 Å². The number of rotatable bonds is 2. The zero-order chi connectivity index (χ0) is 24.3. The van der Waals surface area contributed by atoms with Gasteiger partial charge < -0.3 is 4.74 Å². The third kappa shape index (κ3) is 3.04. The van der Waals surface area contributed by atoms with E-state index in [-0.39, 0.29) is 0 Å². The standard InChI is InChI=1S/C36H22O/c1-2-10-23(11-3-1)31-21-24-12-4-5-14-27(24)30-17-9-16-28(36(30)31)26-20-25-13-8-19-34-35(25)32(22-26)29-15-6-7-18-33(29)37-34/h1-22H. The Kier molecular flexibility index (Phi) is 4.29. The maximum absolute atomic E-state index is 6.29. The lowest BCUT2D eigenvalue weighted by Crippen LogP contribution is -1.97. The smallest absolute Gasteiger partial charge is 0.135 e. The van der Waals surface area contributed by atoms with Gasteiger partial charge in [-0.05, 0) is 85.1 Å². The van der Waals surface area contributed by atoms with Crippen LogP contribution in [-0.4, -0.2) is 0 Å². The van der Waals surface area contributed by atoms with Crippen molar-refractivity contribution in [1.82, 2.24) is 0 Å². The van der Waals surface area contributed by atoms with E-state index in [1.54, 1.807) is 0 Å². The molecule has 0 aliphatic carbocycles. The second kappa shape index (κ2) is 7.81. The maximum Gasteiger partial charge on any atom is 0.135 e. The molecule has 1 aliphatic heterocycles. The molecular weight excluding hydrogens is 448 g/mol. The van der Waals surface area contributed by atoms with Crippen LogP contribution in [0.3, 0.4) is 0 Å². The van der Waals surface area contributed by atoms with Crippen LogP contribution < -0.4 is 4.74 Å². The molecule has 1 heteroatoms. The van der Waals surface area contributed by atoms with Gasteiger partial charge in [0.15, 0.2) is 0 Å². The molecule has 7 aromatic carbocycles. The van der Waals surface area contributed by atoms with Gasteiger partial charge >= 0.3 is 0 Å². The fraction of sp³-hybridized carbons (Fsp3) is 0. The summed E-state index contributed by atoms with van der Waals surface area (Å²) in [5.41, 5.74) is 7.32. The van der Waals surface area contributed by atoms with Crippen LogP contribution in [0.4, 0.5) is 0 Å². The van der Waals surface area contributed by atoms with Gasteiger partial charge in [0, 0.05) is 10.9 Å². The molecule has 0 fully saturated rings. The highest BCUT2D eigenvalue weighted by atomic mass is 16.5. The Morgan fingerprint density at radius 1 is 0.351 bits per heavy atom. The Balaban J connectivity index is 1.51. The monoisotopic (exact) mass is 470 g/mol. The number of hydrogen-bond donors (Lipinski definition) is 0. The largest absolute Gasteiger partial charge is 0.456 e. The molecule has 8 rings (SSSR count). The summed E-state index contributed by atoms with van der Waals surface area (Å²) in [5, 5.41) is 7.48. The van der Waals surface area contributed by atoms with Crippen molar-refractivity contribution in [2.75, 3.05) is 0 Å². The molecule has 0 saturated heterocycles. The van der Waals surface area contributed by atoms with E-state index in [1.807, 2.05) is 6.07 Å². The van der Waals surface area contributed by atoms with Gasteiger partial charge in [-0.15, -0.1) is 0 Å². The molecule has 0 unspecified atom stereocenters. The third-order valence-electron chi connectivity index (χ3n) is 7.62. The van der Waals surface area contributed by atoms with Crippen LogP contribution in [0.25, 0.3) is 65.7 Å². The van der Waals surface area contributed by atoms with Crippen LogP contribution in [0.5, 0.6) is 11.5 Å². The predicted octanol–water partition coefficient (Wildman–Crippen LogP) is 10.3. The first-order valence-corrected chi connectivity index (χ1v) is 12.7. The zero-order valence-electron chi connectivity index (χ0n) is 20.1. The van der Waals surface area contributed by atoms with Crippen LogP contribution in [-0.2, 0) is 0 Å². The second-order valence-corrected chi connectivity index (χ2v) is 9.72. The van der Waals surface area contributed by atoms with Crippen molar-refractivity contribution >= 4 is 32.3 Å². The first-order chi connectivity index (χ1) is 18.3. The summed E-state index contributed by atoms with van der Waals surface area (Å²) < 4.78 is 6.29. The molecule has 0 aromatic heterocycles. The van der Waals surface area contributed by atoms with E-state index in [1.165, 1.54) is 60.1 Å². The van der Waals surface area contributed by atoms with Crippen LogP contribution >= 0.6 is 0 Å². The molecule has 0 saturated carbocycles. The van der Waals surface area contributed by atoms with Crippen LogP contribution in [0.1, 0.15) is 0 Å². The molecule has 0 amide bonds. The van der Waals surface area contributed by atoms with E-state index in [0.29, 0.717) is 0 Å². The highest BCUT2D eigenvalue weighted by Crippen LogP contribution is 2.49. The number of para-hydroxylation sites is 1. The number of hydrogen-bond acceptors (Lipinski definition) is 1. The van der Waals surface area contributed by atoms with Crippen LogP contribution in [0, 0.1) is 0 Å². The fourth-order valence-electron chi connectivity index (χ4n) is 5.99. The van der Waals surface area contributed by atoms with E-state index in [4.69, 9.17) is 4.74 Å². The zero-order valence-corrected chi connectivity index (χ0v) is 20.1. The summed E-state index contributed by atoms with van der Waals surface area (Å²) in [4.78, 5) is 0. The summed E-state index contributed by atoms with van der Waals surface area (Å²) >= 11 is 0. The normalized spacial score (nSPS) is 12.0. The Bertz CT molecular complexity index is 2000. The molecule has 172 valence electrons.